The van der Waals surface area contributed by atoms with Crippen LogP contribution < -0.4 is 10.1 Å². The number of nitrogens with zero attached hydrogens (tertiary/aromatic N) is 1. The van der Waals surface area contributed by atoms with Crippen molar-refractivity contribution in [1.29, 1.82) is 0 Å². The van der Waals surface area contributed by atoms with Crippen molar-refractivity contribution < 1.29 is 33.3 Å². The largest absolute Gasteiger partial charge is 0.503 e. The van der Waals surface area contributed by atoms with Crippen molar-refractivity contribution in [2.75, 3.05) is 7.11 Å². The van der Waals surface area contributed by atoms with Crippen molar-refractivity contribution in [1.82, 2.24) is 10.3 Å². The maximum absolute atomic E-state index is 13.6. The predicted molar refractivity (Wildman–Crippen MR) is 149 cm³/mol. The van der Waals surface area contributed by atoms with Gasteiger partial charge in [0.15, 0.2) is 17.2 Å². The summed E-state index contributed by atoms with van der Waals surface area (Å²) in [4.78, 5) is 29.6. The van der Waals surface area contributed by atoms with E-state index in [1.54, 1.807) is 19.1 Å². The van der Waals surface area contributed by atoms with Crippen LogP contribution in [-0.2, 0) is 27.3 Å². The first-order chi connectivity index (χ1) is 18.9. The van der Waals surface area contributed by atoms with E-state index in [9.17, 15) is 19.1 Å². The second kappa shape index (κ2) is 13.4. The Kier molecular flexibility index (Phi) is 10.2. The second-order valence-electron chi connectivity index (χ2n) is 10.4. The molecule has 0 fully saturated rings. The molecular weight excluding hydrogens is 515 g/mol. The minimum absolute atomic E-state index is 0.0838. The molecule has 2 aromatic carbocycles. The molecular formula is C31H37FN2O6. The van der Waals surface area contributed by atoms with Gasteiger partial charge in [0, 0.05) is 18.2 Å². The predicted octanol–water partition coefficient (Wildman–Crippen LogP) is 5.15. The van der Waals surface area contributed by atoms with Gasteiger partial charge in [-0.3, -0.25) is 4.79 Å². The van der Waals surface area contributed by atoms with Crippen molar-refractivity contribution in [2.45, 2.75) is 65.4 Å². The van der Waals surface area contributed by atoms with Crippen LogP contribution in [0.15, 0.2) is 60.8 Å². The van der Waals surface area contributed by atoms with Crippen molar-refractivity contribution in [3.05, 3.63) is 89.0 Å². The molecule has 2 N–H and O–H groups in total. The van der Waals surface area contributed by atoms with E-state index in [1.807, 2.05) is 45.0 Å². The highest BCUT2D eigenvalue weighted by molar-refractivity contribution is 5.97. The monoisotopic (exact) mass is 552 g/mol. The number of methoxy groups -OCH3 is 1. The SMILES string of the molecule is COc1ccnc(C(=O)N[C@@H](C)C(=O)O[C@@H](C)[C@H](Cc2ccc(F)cc2)C(C)(C)OCc2ccc(C)cc2)c1O. The van der Waals surface area contributed by atoms with Crippen LogP contribution in [0.4, 0.5) is 4.39 Å². The average molecular weight is 553 g/mol. The molecule has 8 nitrogen and oxygen atoms in total. The first kappa shape index (κ1) is 30.6. The molecule has 0 aliphatic heterocycles. The Morgan fingerprint density at radius 1 is 1.02 bits per heavy atom. The zero-order chi connectivity index (χ0) is 29.4. The standard InChI is InChI=1S/C31H37FN2O6/c1-19-7-9-23(10-8-19)18-39-31(4,5)25(17-22-11-13-24(32)14-12-22)21(3)40-30(37)20(2)34-29(36)27-28(35)26(38-6)15-16-33-27/h7-16,20-21,25,35H,17-18H2,1-6H3,(H,34,36)/t20-,21-,25-/m0/s1. The number of aromatic nitrogens is 1. The van der Waals surface area contributed by atoms with Gasteiger partial charge in [0.05, 0.1) is 19.3 Å². The summed E-state index contributed by atoms with van der Waals surface area (Å²) in [7, 11) is 1.35. The number of hydrogen-bond donors (Lipinski definition) is 2. The minimum atomic E-state index is -1.04. The van der Waals surface area contributed by atoms with Crippen LogP contribution in [0.5, 0.6) is 11.5 Å². The molecule has 1 aromatic heterocycles. The Balaban J connectivity index is 1.73. The van der Waals surface area contributed by atoms with Crippen LogP contribution in [0.2, 0.25) is 0 Å². The Hall–Kier alpha value is -3.98. The fourth-order valence-electron chi connectivity index (χ4n) is 4.37. The van der Waals surface area contributed by atoms with Gasteiger partial charge < -0.3 is 24.6 Å². The number of carbonyl (C=O) groups excluding carboxylic acids is 2. The number of pyridine rings is 1. The molecule has 0 aliphatic rings. The summed E-state index contributed by atoms with van der Waals surface area (Å²) in [6.45, 7) is 9.50. The minimum Gasteiger partial charge on any atom is -0.503 e. The lowest BCUT2D eigenvalue weighted by atomic mass is 9.81. The van der Waals surface area contributed by atoms with Gasteiger partial charge in [0.2, 0.25) is 0 Å². The third kappa shape index (κ3) is 8.02. The summed E-state index contributed by atoms with van der Waals surface area (Å²) >= 11 is 0. The number of nitrogens with one attached hydrogen (secondary N) is 1. The third-order valence-corrected chi connectivity index (χ3v) is 6.89. The van der Waals surface area contributed by atoms with E-state index < -0.39 is 35.4 Å². The molecule has 0 saturated heterocycles. The van der Waals surface area contributed by atoms with Gasteiger partial charge in [-0.05, 0) is 64.3 Å². The van der Waals surface area contributed by atoms with Gasteiger partial charge in [0.1, 0.15) is 18.0 Å². The lowest BCUT2D eigenvalue weighted by Crippen LogP contribution is -2.46. The zero-order valence-electron chi connectivity index (χ0n) is 23.7. The van der Waals surface area contributed by atoms with Crippen molar-refractivity contribution in [2.24, 2.45) is 5.92 Å². The van der Waals surface area contributed by atoms with Gasteiger partial charge in [-0.15, -0.1) is 0 Å². The van der Waals surface area contributed by atoms with E-state index in [0.717, 1.165) is 16.7 Å². The van der Waals surface area contributed by atoms with E-state index in [-0.39, 0.29) is 23.2 Å². The summed E-state index contributed by atoms with van der Waals surface area (Å²) < 4.78 is 30.7. The maximum atomic E-state index is 13.6. The molecule has 40 heavy (non-hydrogen) atoms. The summed E-state index contributed by atoms with van der Waals surface area (Å²) in [6.07, 6.45) is 1.14. The van der Waals surface area contributed by atoms with Gasteiger partial charge >= 0.3 is 5.97 Å². The van der Waals surface area contributed by atoms with Crippen LogP contribution in [0.1, 0.15) is 54.9 Å². The number of benzene rings is 2. The fraction of sp³-hybridized carbons (Fsp3) is 0.387. The van der Waals surface area contributed by atoms with Crippen LogP contribution in [0.3, 0.4) is 0 Å². The van der Waals surface area contributed by atoms with E-state index >= 15 is 0 Å². The van der Waals surface area contributed by atoms with E-state index in [2.05, 4.69) is 10.3 Å². The summed E-state index contributed by atoms with van der Waals surface area (Å²) in [5.74, 6) is -2.42. The number of amides is 1. The first-order valence-electron chi connectivity index (χ1n) is 13.1. The van der Waals surface area contributed by atoms with Crippen LogP contribution in [0, 0.1) is 18.7 Å². The molecule has 0 radical (unpaired) electrons. The summed E-state index contributed by atoms with van der Waals surface area (Å²) in [5.41, 5.74) is 2.00. The Morgan fingerprint density at radius 3 is 2.27 bits per heavy atom. The number of hydrogen-bond acceptors (Lipinski definition) is 7. The Labute approximate surface area is 234 Å². The summed E-state index contributed by atoms with van der Waals surface area (Å²) in [5, 5.41) is 12.7. The Morgan fingerprint density at radius 2 is 1.65 bits per heavy atom. The van der Waals surface area contributed by atoms with Gasteiger partial charge in [0.25, 0.3) is 5.91 Å². The smallest absolute Gasteiger partial charge is 0.328 e. The highest BCUT2D eigenvalue weighted by atomic mass is 19.1. The molecule has 0 saturated carbocycles. The van der Waals surface area contributed by atoms with Crippen molar-refractivity contribution in [3.63, 3.8) is 0 Å². The molecule has 0 bridgehead atoms. The molecule has 3 aromatic rings. The molecule has 214 valence electrons. The zero-order valence-corrected chi connectivity index (χ0v) is 23.7. The van der Waals surface area contributed by atoms with Gasteiger partial charge in [-0.2, -0.15) is 0 Å². The van der Waals surface area contributed by atoms with Gasteiger partial charge in [-0.1, -0.05) is 42.0 Å². The third-order valence-electron chi connectivity index (χ3n) is 6.89. The van der Waals surface area contributed by atoms with Crippen molar-refractivity contribution in [3.8, 4) is 11.5 Å². The number of halogens is 1. The van der Waals surface area contributed by atoms with Crippen LogP contribution >= 0.6 is 0 Å². The fourth-order valence-corrected chi connectivity index (χ4v) is 4.37. The summed E-state index contributed by atoms with van der Waals surface area (Å²) in [6, 6.07) is 14.6. The lowest BCUT2D eigenvalue weighted by molar-refractivity contribution is -0.162. The molecule has 0 spiro atoms. The van der Waals surface area contributed by atoms with E-state index in [4.69, 9.17) is 14.2 Å². The van der Waals surface area contributed by atoms with E-state index in [0.29, 0.717) is 13.0 Å². The molecule has 3 atom stereocenters. The highest BCUT2D eigenvalue weighted by Crippen LogP contribution is 2.32. The molecule has 1 amide bonds. The number of aromatic hydroxyl groups is 1. The number of ether oxygens (including phenoxy) is 3. The molecule has 0 aliphatic carbocycles. The lowest BCUT2D eigenvalue weighted by Gasteiger charge is -2.38. The maximum Gasteiger partial charge on any atom is 0.328 e. The molecule has 1 heterocycles. The van der Waals surface area contributed by atoms with Crippen LogP contribution in [0.25, 0.3) is 0 Å². The van der Waals surface area contributed by atoms with Gasteiger partial charge in [-0.25, -0.2) is 14.2 Å². The number of esters is 1. The topological polar surface area (TPSA) is 107 Å². The second-order valence-corrected chi connectivity index (χ2v) is 10.4. The normalized spacial score (nSPS) is 13.7. The number of carbonyl (C=O) groups is 2. The highest BCUT2D eigenvalue weighted by Gasteiger charge is 2.37. The number of aryl methyl sites for hydroxylation is 1. The first-order valence-corrected chi connectivity index (χ1v) is 13.1. The Bertz CT molecular complexity index is 1290. The number of rotatable bonds is 12. The van der Waals surface area contributed by atoms with Crippen LogP contribution in [-0.4, -0.2) is 46.8 Å². The molecule has 9 heteroatoms. The van der Waals surface area contributed by atoms with E-state index in [1.165, 1.54) is 38.4 Å². The van der Waals surface area contributed by atoms with Crippen molar-refractivity contribution >= 4 is 11.9 Å². The average Bonchev–Trinajstić information content (AvgIpc) is 2.92. The quantitative estimate of drug-likeness (QED) is 0.299. The molecule has 3 rings (SSSR count). The molecule has 0 unspecified atom stereocenters.